The predicted molar refractivity (Wildman–Crippen MR) is 84.0 cm³/mol. The van der Waals surface area contributed by atoms with Gasteiger partial charge in [0.15, 0.2) is 0 Å². The number of hydrogen-bond donors (Lipinski definition) is 2. The Kier molecular flexibility index (Phi) is 5.73. The minimum absolute atomic E-state index is 0.0172. The maximum absolute atomic E-state index is 12.4. The summed E-state index contributed by atoms with van der Waals surface area (Å²) in [6, 6.07) is 7.42. The van der Waals surface area contributed by atoms with E-state index in [1.165, 1.54) is 0 Å². The molecule has 1 aliphatic rings. The van der Waals surface area contributed by atoms with Crippen LogP contribution in [0.15, 0.2) is 24.3 Å². The smallest absolute Gasteiger partial charge is 0.241 e. The van der Waals surface area contributed by atoms with Crippen LogP contribution in [0.25, 0.3) is 0 Å². The molecule has 3 N–H and O–H groups in total. The van der Waals surface area contributed by atoms with Gasteiger partial charge in [0, 0.05) is 25.4 Å². The summed E-state index contributed by atoms with van der Waals surface area (Å²) in [4.78, 5) is 14.4. The van der Waals surface area contributed by atoms with Crippen LogP contribution in [0.2, 0.25) is 0 Å². The van der Waals surface area contributed by atoms with E-state index >= 15 is 0 Å². The second kappa shape index (κ2) is 7.54. The summed E-state index contributed by atoms with van der Waals surface area (Å²) in [5.74, 6) is -0.0172. The lowest BCUT2D eigenvalue weighted by Gasteiger charge is -2.26. The van der Waals surface area contributed by atoms with Gasteiger partial charge in [0.25, 0.3) is 0 Å². The molecule has 0 saturated carbocycles. The zero-order valence-corrected chi connectivity index (χ0v) is 12.8. The maximum Gasteiger partial charge on any atom is 0.241 e. The average Bonchev–Trinajstić information content (AvgIpc) is 2.99. The molecule has 1 aromatic rings. The lowest BCUT2D eigenvalue weighted by atomic mass is 10.1. The molecular weight excluding hydrogens is 266 g/mol. The summed E-state index contributed by atoms with van der Waals surface area (Å²) in [7, 11) is 1.96. The molecule has 0 radical (unpaired) electrons. The van der Waals surface area contributed by atoms with Crippen LogP contribution < -0.4 is 11.1 Å². The van der Waals surface area contributed by atoms with Gasteiger partial charge in [-0.2, -0.15) is 0 Å². The normalized spacial score (nSPS) is 19.7. The Labute approximate surface area is 126 Å². The molecule has 0 spiro atoms. The minimum Gasteiger partial charge on any atom is -0.377 e. The van der Waals surface area contributed by atoms with Crippen molar-refractivity contribution >= 4 is 11.6 Å². The molecular formula is C16H25N3O2. The minimum atomic E-state index is -0.208. The van der Waals surface area contributed by atoms with E-state index in [2.05, 4.69) is 5.32 Å². The standard InChI is InChI=1S/C16H25N3O2/c1-12(19(2)11-14-7-5-9-21-14)16(20)18-15-8-4-3-6-13(15)10-17/h3-4,6,8,12,14H,5,7,9-11,17H2,1-2H3,(H,18,20). The highest BCUT2D eigenvalue weighted by molar-refractivity contribution is 5.95. The van der Waals surface area contributed by atoms with Gasteiger partial charge in [-0.1, -0.05) is 18.2 Å². The first kappa shape index (κ1) is 15.9. The molecule has 2 atom stereocenters. The molecule has 116 valence electrons. The van der Waals surface area contributed by atoms with Gasteiger partial charge in [-0.25, -0.2) is 0 Å². The number of nitrogens with two attached hydrogens (primary N) is 1. The first-order valence-corrected chi connectivity index (χ1v) is 7.52. The van der Waals surface area contributed by atoms with Crippen molar-refractivity contribution < 1.29 is 9.53 Å². The van der Waals surface area contributed by atoms with Gasteiger partial charge in [0.05, 0.1) is 12.1 Å². The van der Waals surface area contributed by atoms with E-state index in [4.69, 9.17) is 10.5 Å². The van der Waals surface area contributed by atoms with E-state index in [0.29, 0.717) is 6.54 Å². The van der Waals surface area contributed by atoms with E-state index < -0.39 is 0 Å². The number of carbonyl (C=O) groups excluding carboxylic acids is 1. The quantitative estimate of drug-likeness (QED) is 0.835. The number of nitrogens with one attached hydrogen (secondary N) is 1. The molecule has 1 amide bonds. The fourth-order valence-electron chi connectivity index (χ4n) is 2.53. The van der Waals surface area contributed by atoms with E-state index in [0.717, 1.165) is 37.2 Å². The van der Waals surface area contributed by atoms with Gasteiger partial charge >= 0.3 is 0 Å². The number of hydrogen-bond acceptors (Lipinski definition) is 4. The van der Waals surface area contributed by atoms with Gasteiger partial charge in [-0.15, -0.1) is 0 Å². The van der Waals surface area contributed by atoms with Crippen LogP contribution >= 0.6 is 0 Å². The number of nitrogens with zero attached hydrogens (tertiary/aromatic N) is 1. The predicted octanol–water partition coefficient (Wildman–Crippen LogP) is 1.58. The van der Waals surface area contributed by atoms with Crippen LogP contribution in [0.3, 0.4) is 0 Å². The van der Waals surface area contributed by atoms with Crippen molar-refractivity contribution in [1.29, 1.82) is 0 Å². The Hall–Kier alpha value is -1.43. The van der Waals surface area contributed by atoms with Crippen molar-refractivity contribution in [2.45, 2.75) is 38.5 Å². The number of carbonyl (C=O) groups is 1. The van der Waals surface area contributed by atoms with Gasteiger partial charge in [-0.3, -0.25) is 9.69 Å². The fraction of sp³-hybridized carbons (Fsp3) is 0.562. The van der Waals surface area contributed by atoms with Crippen LogP contribution in [0.4, 0.5) is 5.69 Å². The summed E-state index contributed by atoms with van der Waals surface area (Å²) >= 11 is 0. The average molecular weight is 291 g/mol. The Balaban J connectivity index is 1.92. The zero-order valence-electron chi connectivity index (χ0n) is 12.8. The van der Waals surface area contributed by atoms with E-state index in [9.17, 15) is 4.79 Å². The second-order valence-corrected chi connectivity index (χ2v) is 5.60. The van der Waals surface area contributed by atoms with Crippen molar-refractivity contribution in [3.63, 3.8) is 0 Å². The Morgan fingerprint density at radius 1 is 1.52 bits per heavy atom. The van der Waals surface area contributed by atoms with Crippen LogP contribution in [-0.2, 0) is 16.1 Å². The van der Waals surface area contributed by atoms with Gasteiger partial charge < -0.3 is 15.8 Å². The third-order valence-electron chi connectivity index (χ3n) is 4.05. The monoisotopic (exact) mass is 291 g/mol. The highest BCUT2D eigenvalue weighted by atomic mass is 16.5. The molecule has 5 heteroatoms. The number of amides is 1. The highest BCUT2D eigenvalue weighted by Crippen LogP contribution is 2.16. The Morgan fingerprint density at radius 3 is 2.95 bits per heavy atom. The topological polar surface area (TPSA) is 67.6 Å². The van der Waals surface area contributed by atoms with Crippen LogP contribution in [0, 0.1) is 0 Å². The number of benzene rings is 1. The summed E-state index contributed by atoms with van der Waals surface area (Å²) in [5.41, 5.74) is 7.43. The number of likely N-dealkylation sites (N-methyl/N-ethyl adjacent to an activating group) is 1. The highest BCUT2D eigenvalue weighted by Gasteiger charge is 2.23. The van der Waals surface area contributed by atoms with Crippen LogP contribution in [0.1, 0.15) is 25.3 Å². The molecule has 1 saturated heterocycles. The Morgan fingerprint density at radius 2 is 2.29 bits per heavy atom. The maximum atomic E-state index is 12.4. The van der Waals surface area contributed by atoms with Crippen molar-refractivity contribution in [2.24, 2.45) is 5.73 Å². The molecule has 1 fully saturated rings. The largest absolute Gasteiger partial charge is 0.377 e. The third-order valence-corrected chi connectivity index (χ3v) is 4.05. The summed E-state index contributed by atoms with van der Waals surface area (Å²) in [6.07, 6.45) is 2.44. The first-order valence-electron chi connectivity index (χ1n) is 7.52. The number of anilines is 1. The Bertz CT molecular complexity index is 472. The molecule has 1 heterocycles. The van der Waals surface area contributed by atoms with E-state index in [-0.39, 0.29) is 18.1 Å². The molecule has 21 heavy (non-hydrogen) atoms. The molecule has 0 aliphatic carbocycles. The number of ether oxygens (including phenoxy) is 1. The number of rotatable bonds is 6. The second-order valence-electron chi connectivity index (χ2n) is 5.60. The third kappa shape index (κ3) is 4.27. The fourth-order valence-corrected chi connectivity index (χ4v) is 2.53. The van der Waals surface area contributed by atoms with Crippen LogP contribution in [0.5, 0.6) is 0 Å². The lowest BCUT2D eigenvalue weighted by molar-refractivity contribution is -0.120. The van der Waals surface area contributed by atoms with E-state index in [1.807, 2.05) is 43.1 Å². The van der Waals surface area contributed by atoms with Gasteiger partial charge in [0.1, 0.15) is 0 Å². The summed E-state index contributed by atoms with van der Waals surface area (Å²) in [6.45, 7) is 3.95. The summed E-state index contributed by atoms with van der Waals surface area (Å²) in [5, 5.41) is 2.97. The molecule has 0 aromatic heterocycles. The molecule has 0 bridgehead atoms. The van der Waals surface area contributed by atoms with E-state index in [1.54, 1.807) is 0 Å². The molecule has 2 rings (SSSR count). The van der Waals surface area contributed by atoms with Crippen molar-refractivity contribution in [3.05, 3.63) is 29.8 Å². The zero-order chi connectivity index (χ0) is 15.2. The molecule has 1 aliphatic heterocycles. The van der Waals surface area contributed by atoms with Crippen LogP contribution in [-0.4, -0.2) is 43.2 Å². The first-order chi connectivity index (χ1) is 10.1. The SMILES string of the molecule is CC(C(=O)Nc1ccccc1CN)N(C)CC1CCCO1. The molecule has 2 unspecified atom stereocenters. The van der Waals surface area contributed by atoms with Gasteiger partial charge in [0.2, 0.25) is 5.91 Å². The van der Waals surface area contributed by atoms with Gasteiger partial charge in [-0.05, 0) is 38.4 Å². The molecule has 1 aromatic carbocycles. The van der Waals surface area contributed by atoms with Crippen molar-refractivity contribution in [3.8, 4) is 0 Å². The van der Waals surface area contributed by atoms with Crippen molar-refractivity contribution in [1.82, 2.24) is 4.90 Å². The van der Waals surface area contributed by atoms with Crippen molar-refractivity contribution in [2.75, 3.05) is 25.5 Å². The number of para-hydroxylation sites is 1. The lowest BCUT2D eigenvalue weighted by Crippen LogP contribution is -2.43. The molecule has 5 nitrogen and oxygen atoms in total. The summed E-state index contributed by atoms with van der Waals surface area (Å²) < 4.78 is 5.62.